The molecule has 1 aromatic rings. The molecule has 1 unspecified atom stereocenters. The molecule has 0 aliphatic heterocycles. The summed E-state index contributed by atoms with van der Waals surface area (Å²) >= 11 is 0. The molecular weight excluding hydrogens is 244 g/mol. The fraction of sp³-hybridized carbons (Fsp3) is 0.500. The van der Waals surface area contributed by atoms with Gasteiger partial charge in [0, 0.05) is 12.1 Å². The summed E-state index contributed by atoms with van der Waals surface area (Å²) in [4.78, 5) is 11.1. The molecule has 106 valence electrons. The van der Waals surface area contributed by atoms with Crippen LogP contribution in [0.2, 0.25) is 0 Å². The van der Waals surface area contributed by atoms with Crippen LogP contribution < -0.4 is 20.5 Å². The number of rotatable bonds is 8. The first-order valence-electron chi connectivity index (χ1n) is 6.42. The van der Waals surface area contributed by atoms with Gasteiger partial charge in [-0.05, 0) is 26.0 Å². The lowest BCUT2D eigenvalue weighted by atomic mass is 10.1. The van der Waals surface area contributed by atoms with E-state index in [1.807, 2.05) is 12.1 Å². The highest BCUT2D eigenvalue weighted by atomic mass is 16.5. The van der Waals surface area contributed by atoms with Gasteiger partial charge in [-0.3, -0.25) is 4.79 Å². The standard InChI is InChI=1S/C14H22N2O3/c1-4-8-16-9-11-6-5-7-12(18-3)13(11)19-10(2)14(15)17/h5-7,10,16H,4,8-9H2,1-3H3,(H2,15,17). The number of nitrogens with two attached hydrogens (primary N) is 1. The van der Waals surface area contributed by atoms with Gasteiger partial charge >= 0.3 is 0 Å². The van der Waals surface area contributed by atoms with Gasteiger partial charge < -0.3 is 20.5 Å². The van der Waals surface area contributed by atoms with Crippen LogP contribution in [-0.2, 0) is 11.3 Å². The van der Waals surface area contributed by atoms with Crippen LogP contribution >= 0.6 is 0 Å². The molecule has 1 rings (SSSR count). The number of primary amides is 1. The number of amides is 1. The molecule has 0 aliphatic carbocycles. The Morgan fingerprint density at radius 1 is 1.47 bits per heavy atom. The predicted molar refractivity (Wildman–Crippen MR) is 74.3 cm³/mol. The molecule has 0 saturated carbocycles. The first-order valence-corrected chi connectivity index (χ1v) is 6.42. The lowest BCUT2D eigenvalue weighted by Crippen LogP contribution is -2.31. The third-order valence-corrected chi connectivity index (χ3v) is 2.72. The Morgan fingerprint density at radius 2 is 2.21 bits per heavy atom. The number of methoxy groups -OCH3 is 1. The van der Waals surface area contributed by atoms with Crippen molar-refractivity contribution in [1.82, 2.24) is 5.32 Å². The molecule has 0 radical (unpaired) electrons. The quantitative estimate of drug-likeness (QED) is 0.698. The maximum Gasteiger partial charge on any atom is 0.258 e. The lowest BCUT2D eigenvalue weighted by molar-refractivity contribution is -0.124. The molecule has 0 aromatic heterocycles. The van der Waals surface area contributed by atoms with E-state index in [-0.39, 0.29) is 0 Å². The summed E-state index contributed by atoms with van der Waals surface area (Å²) < 4.78 is 10.9. The van der Waals surface area contributed by atoms with Crippen LogP contribution in [0, 0.1) is 0 Å². The zero-order valence-corrected chi connectivity index (χ0v) is 11.7. The van der Waals surface area contributed by atoms with Gasteiger partial charge in [0.15, 0.2) is 17.6 Å². The molecule has 1 atom stereocenters. The van der Waals surface area contributed by atoms with E-state index in [4.69, 9.17) is 15.2 Å². The van der Waals surface area contributed by atoms with Gasteiger partial charge in [0.1, 0.15) is 0 Å². The summed E-state index contributed by atoms with van der Waals surface area (Å²) in [5.74, 6) is 0.669. The average Bonchev–Trinajstić information content (AvgIpc) is 2.40. The zero-order chi connectivity index (χ0) is 14.3. The van der Waals surface area contributed by atoms with E-state index >= 15 is 0 Å². The van der Waals surface area contributed by atoms with Gasteiger partial charge in [-0.15, -0.1) is 0 Å². The number of para-hydroxylation sites is 1. The third-order valence-electron chi connectivity index (χ3n) is 2.72. The maximum absolute atomic E-state index is 11.1. The summed E-state index contributed by atoms with van der Waals surface area (Å²) in [7, 11) is 1.57. The minimum Gasteiger partial charge on any atom is -0.493 e. The minimum atomic E-state index is -0.693. The molecule has 1 aromatic carbocycles. The molecule has 0 spiro atoms. The third kappa shape index (κ3) is 4.44. The lowest BCUT2D eigenvalue weighted by Gasteiger charge is -2.18. The Balaban J connectivity index is 2.92. The monoisotopic (exact) mass is 266 g/mol. The Hall–Kier alpha value is -1.75. The number of carbonyl (C=O) groups is 1. The van der Waals surface area contributed by atoms with Crippen LogP contribution in [0.5, 0.6) is 11.5 Å². The summed E-state index contributed by atoms with van der Waals surface area (Å²) in [6.45, 7) is 5.30. The van der Waals surface area contributed by atoms with E-state index in [1.54, 1.807) is 20.1 Å². The molecule has 5 heteroatoms. The van der Waals surface area contributed by atoms with E-state index in [2.05, 4.69) is 12.2 Å². The van der Waals surface area contributed by atoms with Crippen molar-refractivity contribution in [2.75, 3.05) is 13.7 Å². The second-order valence-electron chi connectivity index (χ2n) is 4.29. The van der Waals surface area contributed by atoms with Crippen molar-refractivity contribution in [3.63, 3.8) is 0 Å². The molecular formula is C14H22N2O3. The van der Waals surface area contributed by atoms with Gasteiger partial charge in [-0.2, -0.15) is 0 Å². The smallest absolute Gasteiger partial charge is 0.258 e. The van der Waals surface area contributed by atoms with Crippen molar-refractivity contribution in [2.45, 2.75) is 32.9 Å². The fourth-order valence-electron chi connectivity index (χ4n) is 1.63. The zero-order valence-electron chi connectivity index (χ0n) is 11.7. The number of hydrogen-bond donors (Lipinski definition) is 2. The number of carbonyl (C=O) groups excluding carboxylic acids is 1. The van der Waals surface area contributed by atoms with Gasteiger partial charge in [-0.25, -0.2) is 0 Å². The molecule has 5 nitrogen and oxygen atoms in total. The predicted octanol–water partition coefficient (Wildman–Crippen LogP) is 1.45. The van der Waals surface area contributed by atoms with Crippen molar-refractivity contribution < 1.29 is 14.3 Å². The Morgan fingerprint density at radius 3 is 2.79 bits per heavy atom. The molecule has 0 heterocycles. The first kappa shape index (κ1) is 15.3. The van der Waals surface area contributed by atoms with Gasteiger partial charge in [0.2, 0.25) is 0 Å². The summed E-state index contributed by atoms with van der Waals surface area (Å²) in [6, 6.07) is 5.63. The Labute approximate surface area is 114 Å². The number of nitrogens with one attached hydrogen (secondary N) is 1. The normalized spacial score (nSPS) is 11.9. The Bertz CT molecular complexity index is 421. The molecule has 0 bridgehead atoms. The second kappa shape index (κ2) is 7.63. The molecule has 0 fully saturated rings. The van der Waals surface area contributed by atoms with Crippen LogP contribution in [0.4, 0.5) is 0 Å². The summed E-state index contributed by atoms with van der Waals surface area (Å²) in [5, 5.41) is 3.29. The highest BCUT2D eigenvalue weighted by molar-refractivity contribution is 5.78. The van der Waals surface area contributed by atoms with Gasteiger partial charge in [0.05, 0.1) is 7.11 Å². The van der Waals surface area contributed by atoms with Crippen molar-refractivity contribution in [3.8, 4) is 11.5 Å². The molecule has 0 saturated heterocycles. The van der Waals surface area contributed by atoms with Crippen LogP contribution in [0.3, 0.4) is 0 Å². The highest BCUT2D eigenvalue weighted by Crippen LogP contribution is 2.31. The highest BCUT2D eigenvalue weighted by Gasteiger charge is 2.16. The van der Waals surface area contributed by atoms with E-state index in [0.717, 1.165) is 18.5 Å². The van der Waals surface area contributed by atoms with Crippen molar-refractivity contribution in [1.29, 1.82) is 0 Å². The van der Waals surface area contributed by atoms with E-state index in [1.165, 1.54) is 0 Å². The van der Waals surface area contributed by atoms with Crippen LogP contribution in [0.25, 0.3) is 0 Å². The number of ether oxygens (including phenoxy) is 2. The van der Waals surface area contributed by atoms with Gasteiger partial charge in [-0.1, -0.05) is 19.1 Å². The largest absolute Gasteiger partial charge is 0.493 e. The summed E-state index contributed by atoms with van der Waals surface area (Å²) in [5.41, 5.74) is 6.17. The van der Waals surface area contributed by atoms with Crippen molar-refractivity contribution in [2.24, 2.45) is 5.73 Å². The molecule has 0 aliphatic rings. The van der Waals surface area contributed by atoms with Crippen LogP contribution in [0.15, 0.2) is 18.2 Å². The van der Waals surface area contributed by atoms with Crippen LogP contribution in [0.1, 0.15) is 25.8 Å². The van der Waals surface area contributed by atoms with E-state index < -0.39 is 12.0 Å². The maximum atomic E-state index is 11.1. The SMILES string of the molecule is CCCNCc1cccc(OC)c1OC(C)C(N)=O. The fourth-order valence-corrected chi connectivity index (χ4v) is 1.63. The van der Waals surface area contributed by atoms with Crippen LogP contribution in [-0.4, -0.2) is 25.7 Å². The number of hydrogen-bond acceptors (Lipinski definition) is 4. The molecule has 3 N–H and O–H groups in total. The van der Waals surface area contributed by atoms with E-state index in [0.29, 0.717) is 18.0 Å². The molecule has 19 heavy (non-hydrogen) atoms. The van der Waals surface area contributed by atoms with Gasteiger partial charge in [0.25, 0.3) is 5.91 Å². The van der Waals surface area contributed by atoms with Crippen molar-refractivity contribution >= 4 is 5.91 Å². The number of benzene rings is 1. The van der Waals surface area contributed by atoms with E-state index in [9.17, 15) is 4.79 Å². The molecule has 1 amide bonds. The average molecular weight is 266 g/mol. The minimum absolute atomic E-state index is 0.502. The second-order valence-corrected chi connectivity index (χ2v) is 4.29. The topological polar surface area (TPSA) is 73.6 Å². The Kier molecular flexibility index (Phi) is 6.15. The summed E-state index contributed by atoms with van der Waals surface area (Å²) in [6.07, 6.45) is 0.360. The van der Waals surface area contributed by atoms with Crippen molar-refractivity contribution in [3.05, 3.63) is 23.8 Å². The first-order chi connectivity index (χ1) is 9.10.